The predicted molar refractivity (Wildman–Crippen MR) is 55.1 cm³/mol. The zero-order valence-corrected chi connectivity index (χ0v) is 8.66. The molecule has 0 N–H and O–H groups in total. The van der Waals surface area contributed by atoms with Crippen molar-refractivity contribution in [3.63, 3.8) is 0 Å². The van der Waals surface area contributed by atoms with Gasteiger partial charge in [0.25, 0.3) is 5.78 Å². The maximum atomic E-state index is 11.0. The quantitative estimate of drug-likeness (QED) is 0.501. The lowest BCUT2D eigenvalue weighted by Gasteiger charge is -2.18. The molecule has 14 heavy (non-hydrogen) atoms. The van der Waals surface area contributed by atoms with Crippen molar-refractivity contribution in [3.8, 4) is 6.07 Å². The third-order valence-electron chi connectivity index (χ3n) is 2.11. The van der Waals surface area contributed by atoms with Gasteiger partial charge in [0.1, 0.15) is 6.07 Å². The maximum Gasteiger partial charge on any atom is 0.262 e. The van der Waals surface area contributed by atoms with E-state index in [-0.39, 0.29) is 5.41 Å². The Hall–Kier alpha value is -1.62. The first-order valence-electron chi connectivity index (χ1n) is 4.50. The highest BCUT2D eigenvalue weighted by Gasteiger charge is 2.13. The number of hydrogen-bond donors (Lipinski definition) is 0. The number of nitriles is 1. The number of nitrogens with zero attached hydrogens (tertiary/aromatic N) is 1. The van der Waals surface area contributed by atoms with E-state index in [1.54, 1.807) is 18.2 Å². The van der Waals surface area contributed by atoms with Crippen molar-refractivity contribution < 1.29 is 4.79 Å². The fraction of sp³-hybridized carbons (Fsp3) is 0.333. The molecule has 1 rings (SSSR count). The molecule has 0 aliphatic heterocycles. The standard InChI is InChI=1S/C12H13NO/c1-12(2,3)10-6-4-9(5-7-10)11(14)8-13/h4-7H,1-3H3. The monoisotopic (exact) mass is 187 g/mol. The van der Waals surface area contributed by atoms with E-state index < -0.39 is 5.78 Å². The lowest BCUT2D eigenvalue weighted by Crippen LogP contribution is -2.11. The highest BCUT2D eigenvalue weighted by Crippen LogP contribution is 2.22. The van der Waals surface area contributed by atoms with Crippen molar-refractivity contribution in [2.45, 2.75) is 26.2 Å². The minimum Gasteiger partial charge on any atom is -0.277 e. The van der Waals surface area contributed by atoms with Crippen LogP contribution in [0.3, 0.4) is 0 Å². The van der Waals surface area contributed by atoms with E-state index in [0.29, 0.717) is 5.56 Å². The molecule has 0 aromatic heterocycles. The van der Waals surface area contributed by atoms with Gasteiger partial charge in [0.2, 0.25) is 0 Å². The Balaban J connectivity index is 3.02. The lowest BCUT2D eigenvalue weighted by atomic mass is 9.86. The fourth-order valence-electron chi connectivity index (χ4n) is 1.19. The second-order valence-corrected chi connectivity index (χ2v) is 4.27. The highest BCUT2D eigenvalue weighted by molar-refractivity contribution is 6.07. The first-order valence-corrected chi connectivity index (χ1v) is 4.50. The number of rotatable bonds is 1. The molecule has 72 valence electrons. The van der Waals surface area contributed by atoms with Gasteiger partial charge in [-0.15, -0.1) is 0 Å². The van der Waals surface area contributed by atoms with Crippen molar-refractivity contribution in [2.75, 3.05) is 0 Å². The largest absolute Gasteiger partial charge is 0.277 e. The summed E-state index contributed by atoms with van der Waals surface area (Å²) in [6.07, 6.45) is 0. The molecule has 0 spiro atoms. The Morgan fingerprint density at radius 1 is 1.21 bits per heavy atom. The minimum atomic E-state index is -0.481. The van der Waals surface area contributed by atoms with Crippen LogP contribution in [0.5, 0.6) is 0 Å². The number of Topliss-reactive ketones (excluding diaryl/α,β-unsaturated/α-hetero) is 1. The highest BCUT2D eigenvalue weighted by atomic mass is 16.1. The molecular formula is C12H13NO. The lowest BCUT2D eigenvalue weighted by molar-refractivity contribution is 0.105. The van der Waals surface area contributed by atoms with Crippen LogP contribution in [0.25, 0.3) is 0 Å². The summed E-state index contributed by atoms with van der Waals surface area (Å²) < 4.78 is 0. The summed E-state index contributed by atoms with van der Waals surface area (Å²) in [7, 11) is 0. The molecule has 0 amide bonds. The molecule has 1 aromatic carbocycles. The zero-order chi connectivity index (χ0) is 10.8. The Bertz CT molecular complexity index is 376. The molecule has 0 bridgehead atoms. The van der Waals surface area contributed by atoms with E-state index >= 15 is 0 Å². The van der Waals surface area contributed by atoms with Crippen molar-refractivity contribution in [3.05, 3.63) is 35.4 Å². The second kappa shape index (κ2) is 3.63. The Labute approximate surface area is 84.2 Å². The third kappa shape index (κ3) is 2.20. The average molecular weight is 187 g/mol. The van der Waals surface area contributed by atoms with Crippen LogP contribution in [-0.2, 0) is 5.41 Å². The molecule has 0 saturated heterocycles. The molecule has 0 unspecified atom stereocenters. The van der Waals surface area contributed by atoms with Crippen LogP contribution < -0.4 is 0 Å². The predicted octanol–water partition coefficient (Wildman–Crippen LogP) is 2.69. The van der Waals surface area contributed by atoms with Gasteiger partial charge < -0.3 is 0 Å². The van der Waals surface area contributed by atoms with Crippen molar-refractivity contribution >= 4 is 5.78 Å². The Morgan fingerprint density at radius 3 is 2.07 bits per heavy atom. The van der Waals surface area contributed by atoms with Crippen LogP contribution >= 0.6 is 0 Å². The van der Waals surface area contributed by atoms with Crippen molar-refractivity contribution in [1.82, 2.24) is 0 Å². The van der Waals surface area contributed by atoms with Crippen molar-refractivity contribution in [1.29, 1.82) is 5.26 Å². The summed E-state index contributed by atoms with van der Waals surface area (Å²) in [6.45, 7) is 6.32. The van der Waals surface area contributed by atoms with E-state index in [0.717, 1.165) is 5.56 Å². The smallest absolute Gasteiger partial charge is 0.262 e. The molecule has 0 saturated carbocycles. The van der Waals surface area contributed by atoms with Gasteiger partial charge in [0, 0.05) is 5.56 Å². The van der Waals surface area contributed by atoms with Gasteiger partial charge in [-0.05, 0) is 23.1 Å². The van der Waals surface area contributed by atoms with Gasteiger partial charge in [-0.2, -0.15) is 5.26 Å². The number of carbonyl (C=O) groups excluding carboxylic acids is 1. The molecule has 0 heterocycles. The zero-order valence-electron chi connectivity index (χ0n) is 8.66. The Kier molecular flexibility index (Phi) is 2.71. The second-order valence-electron chi connectivity index (χ2n) is 4.27. The molecule has 0 aliphatic rings. The number of hydrogen-bond acceptors (Lipinski definition) is 2. The van der Waals surface area contributed by atoms with Gasteiger partial charge in [-0.1, -0.05) is 32.9 Å². The number of carbonyl (C=O) groups is 1. The molecule has 0 atom stereocenters. The topological polar surface area (TPSA) is 40.9 Å². The first kappa shape index (κ1) is 10.5. The molecule has 0 aliphatic carbocycles. The Morgan fingerprint density at radius 2 is 1.71 bits per heavy atom. The molecule has 0 fully saturated rings. The van der Waals surface area contributed by atoms with Gasteiger partial charge in [-0.3, -0.25) is 4.79 Å². The molecule has 1 aromatic rings. The van der Waals surface area contributed by atoms with Gasteiger partial charge >= 0.3 is 0 Å². The van der Waals surface area contributed by atoms with E-state index in [2.05, 4.69) is 20.8 Å². The van der Waals surface area contributed by atoms with Crippen LogP contribution in [0.4, 0.5) is 0 Å². The summed E-state index contributed by atoms with van der Waals surface area (Å²) >= 11 is 0. The third-order valence-corrected chi connectivity index (χ3v) is 2.11. The SMILES string of the molecule is CC(C)(C)c1ccc(C(=O)C#N)cc1. The molecule has 0 radical (unpaired) electrons. The average Bonchev–Trinajstić information content (AvgIpc) is 2.15. The van der Waals surface area contributed by atoms with Crippen LogP contribution in [0.2, 0.25) is 0 Å². The summed E-state index contributed by atoms with van der Waals surface area (Å²) in [6, 6.07) is 8.79. The number of ketones is 1. The normalized spacial score (nSPS) is 10.7. The van der Waals surface area contributed by atoms with E-state index in [4.69, 9.17) is 5.26 Å². The van der Waals surface area contributed by atoms with Gasteiger partial charge in [0.15, 0.2) is 0 Å². The first-order chi connectivity index (χ1) is 6.45. The van der Waals surface area contributed by atoms with E-state index in [1.807, 2.05) is 12.1 Å². The fourth-order valence-corrected chi connectivity index (χ4v) is 1.19. The van der Waals surface area contributed by atoms with E-state index in [1.165, 1.54) is 0 Å². The van der Waals surface area contributed by atoms with Gasteiger partial charge in [-0.25, -0.2) is 0 Å². The summed E-state index contributed by atoms with van der Waals surface area (Å²) in [5, 5.41) is 8.42. The minimum absolute atomic E-state index is 0.0776. The summed E-state index contributed by atoms with van der Waals surface area (Å²) in [5.41, 5.74) is 1.70. The van der Waals surface area contributed by atoms with Crippen LogP contribution in [0.1, 0.15) is 36.7 Å². The van der Waals surface area contributed by atoms with Crippen LogP contribution in [0.15, 0.2) is 24.3 Å². The number of benzene rings is 1. The van der Waals surface area contributed by atoms with Gasteiger partial charge in [0.05, 0.1) is 0 Å². The summed E-state index contributed by atoms with van der Waals surface area (Å²) in [4.78, 5) is 11.0. The molecular weight excluding hydrogens is 174 g/mol. The summed E-state index contributed by atoms with van der Waals surface area (Å²) in [5.74, 6) is -0.481. The van der Waals surface area contributed by atoms with E-state index in [9.17, 15) is 4.79 Å². The van der Waals surface area contributed by atoms with Crippen molar-refractivity contribution in [2.24, 2.45) is 0 Å². The van der Waals surface area contributed by atoms with Crippen LogP contribution in [0, 0.1) is 11.3 Å². The molecule has 2 heteroatoms. The van der Waals surface area contributed by atoms with Crippen LogP contribution in [-0.4, -0.2) is 5.78 Å². The molecule has 2 nitrogen and oxygen atoms in total. The maximum absolute atomic E-state index is 11.0.